The summed E-state index contributed by atoms with van der Waals surface area (Å²) >= 11 is 0. The number of aryl methyl sites for hydroxylation is 1. The first kappa shape index (κ1) is 14.1. The van der Waals surface area contributed by atoms with E-state index in [4.69, 9.17) is 10.5 Å². The zero-order valence-corrected chi connectivity index (χ0v) is 12.5. The minimum Gasteiger partial charge on any atom is -0.489 e. The van der Waals surface area contributed by atoms with Gasteiger partial charge in [0.2, 0.25) is 0 Å². The Morgan fingerprint density at radius 1 is 1.14 bits per heavy atom. The molecule has 0 fully saturated rings. The standard InChI is InChI=1S/C19H18N2O/c1-13-11-16(18-5-3-4-6-19(18)21-13)12-22-17-9-7-15(8-10-17)14(2)20/h3-11H,2,12,20H2,1H3. The van der Waals surface area contributed by atoms with Crippen LogP contribution in [0.1, 0.15) is 16.8 Å². The molecule has 3 aromatic rings. The first-order chi connectivity index (χ1) is 10.6. The molecule has 3 heteroatoms. The van der Waals surface area contributed by atoms with E-state index in [0.717, 1.165) is 33.5 Å². The predicted molar refractivity (Wildman–Crippen MR) is 90.5 cm³/mol. The van der Waals surface area contributed by atoms with Gasteiger partial charge >= 0.3 is 0 Å². The van der Waals surface area contributed by atoms with Crippen molar-refractivity contribution in [1.82, 2.24) is 4.98 Å². The van der Waals surface area contributed by atoms with Gasteiger partial charge in [-0.25, -0.2) is 0 Å². The number of fused-ring (bicyclic) bond motifs is 1. The molecule has 0 saturated carbocycles. The summed E-state index contributed by atoms with van der Waals surface area (Å²) < 4.78 is 5.89. The summed E-state index contributed by atoms with van der Waals surface area (Å²) in [4.78, 5) is 4.54. The first-order valence-electron chi connectivity index (χ1n) is 7.16. The van der Waals surface area contributed by atoms with Crippen LogP contribution in [-0.2, 0) is 6.61 Å². The molecule has 1 heterocycles. The molecule has 110 valence electrons. The van der Waals surface area contributed by atoms with Gasteiger partial charge in [-0.15, -0.1) is 0 Å². The van der Waals surface area contributed by atoms with Crippen molar-refractivity contribution < 1.29 is 4.74 Å². The molecule has 3 rings (SSSR count). The highest BCUT2D eigenvalue weighted by Crippen LogP contribution is 2.21. The quantitative estimate of drug-likeness (QED) is 0.788. The molecule has 0 radical (unpaired) electrons. The number of benzene rings is 2. The summed E-state index contributed by atoms with van der Waals surface area (Å²) in [5.41, 5.74) is 10.3. The van der Waals surface area contributed by atoms with Crippen LogP contribution in [0.3, 0.4) is 0 Å². The molecule has 0 aliphatic heterocycles. The van der Waals surface area contributed by atoms with Gasteiger partial charge in [-0.05, 0) is 48.9 Å². The van der Waals surface area contributed by atoms with E-state index >= 15 is 0 Å². The minimum atomic E-state index is 0.507. The van der Waals surface area contributed by atoms with Crippen molar-refractivity contribution in [2.45, 2.75) is 13.5 Å². The average Bonchev–Trinajstić information content (AvgIpc) is 2.52. The van der Waals surface area contributed by atoms with Gasteiger partial charge in [0.15, 0.2) is 0 Å². The Morgan fingerprint density at radius 3 is 2.59 bits per heavy atom. The minimum absolute atomic E-state index is 0.507. The molecule has 0 atom stereocenters. The van der Waals surface area contributed by atoms with Crippen LogP contribution in [0.15, 0.2) is 61.2 Å². The lowest BCUT2D eigenvalue weighted by molar-refractivity contribution is 0.307. The van der Waals surface area contributed by atoms with Crippen molar-refractivity contribution in [3.05, 3.63) is 78.0 Å². The summed E-state index contributed by atoms with van der Waals surface area (Å²) in [6.07, 6.45) is 0. The summed E-state index contributed by atoms with van der Waals surface area (Å²) in [5.74, 6) is 0.809. The number of rotatable bonds is 4. The molecule has 0 aliphatic rings. The van der Waals surface area contributed by atoms with Crippen molar-refractivity contribution in [2.24, 2.45) is 5.73 Å². The molecule has 2 aromatic carbocycles. The number of hydrogen-bond acceptors (Lipinski definition) is 3. The molecule has 3 nitrogen and oxygen atoms in total. The smallest absolute Gasteiger partial charge is 0.119 e. The predicted octanol–water partition coefficient (Wildman–Crippen LogP) is 4.05. The van der Waals surface area contributed by atoms with E-state index in [9.17, 15) is 0 Å². The van der Waals surface area contributed by atoms with Crippen molar-refractivity contribution in [3.63, 3.8) is 0 Å². The monoisotopic (exact) mass is 290 g/mol. The molecule has 0 saturated heterocycles. The molecule has 0 aliphatic carbocycles. The Hall–Kier alpha value is -2.81. The molecule has 0 spiro atoms. The third-order valence-corrected chi connectivity index (χ3v) is 3.55. The van der Waals surface area contributed by atoms with Crippen molar-refractivity contribution in [3.8, 4) is 5.75 Å². The normalized spacial score (nSPS) is 10.6. The molecule has 0 amide bonds. The number of ether oxygens (including phenoxy) is 1. The lowest BCUT2D eigenvalue weighted by Crippen LogP contribution is -1.99. The fraction of sp³-hybridized carbons (Fsp3) is 0.105. The number of nitrogens with zero attached hydrogens (tertiary/aromatic N) is 1. The van der Waals surface area contributed by atoms with Crippen LogP contribution in [0.4, 0.5) is 0 Å². The highest BCUT2D eigenvalue weighted by atomic mass is 16.5. The van der Waals surface area contributed by atoms with E-state index in [0.29, 0.717) is 12.3 Å². The molecule has 0 bridgehead atoms. The maximum absolute atomic E-state index is 5.89. The maximum Gasteiger partial charge on any atom is 0.119 e. The maximum atomic E-state index is 5.89. The fourth-order valence-electron chi connectivity index (χ4n) is 2.44. The Labute approximate surface area is 130 Å². The SMILES string of the molecule is C=C(N)c1ccc(OCc2cc(C)nc3ccccc23)cc1. The summed E-state index contributed by atoms with van der Waals surface area (Å²) in [7, 11) is 0. The van der Waals surface area contributed by atoms with Crippen molar-refractivity contribution in [2.75, 3.05) is 0 Å². The van der Waals surface area contributed by atoms with E-state index in [2.05, 4.69) is 23.7 Å². The molecule has 2 N–H and O–H groups in total. The Balaban J connectivity index is 1.83. The summed E-state index contributed by atoms with van der Waals surface area (Å²) in [5, 5.41) is 1.13. The Bertz CT molecular complexity index is 822. The third-order valence-electron chi connectivity index (χ3n) is 3.55. The van der Waals surface area contributed by atoms with Crippen LogP contribution < -0.4 is 10.5 Å². The van der Waals surface area contributed by atoms with E-state index in [1.165, 1.54) is 0 Å². The Kier molecular flexibility index (Phi) is 3.79. The molecular weight excluding hydrogens is 272 g/mol. The number of hydrogen-bond donors (Lipinski definition) is 1. The zero-order valence-electron chi connectivity index (χ0n) is 12.5. The van der Waals surface area contributed by atoms with Crippen LogP contribution >= 0.6 is 0 Å². The summed E-state index contributed by atoms with van der Waals surface area (Å²) in [6, 6.07) is 17.8. The van der Waals surface area contributed by atoms with Crippen LogP contribution in [-0.4, -0.2) is 4.98 Å². The second kappa shape index (κ2) is 5.90. The Morgan fingerprint density at radius 2 is 1.86 bits per heavy atom. The number of aromatic nitrogens is 1. The van der Waals surface area contributed by atoms with Gasteiger partial charge in [0.1, 0.15) is 12.4 Å². The van der Waals surface area contributed by atoms with E-state index in [1.807, 2.05) is 49.4 Å². The van der Waals surface area contributed by atoms with Crippen LogP contribution in [0, 0.1) is 6.92 Å². The molecule has 22 heavy (non-hydrogen) atoms. The lowest BCUT2D eigenvalue weighted by Gasteiger charge is -2.10. The van der Waals surface area contributed by atoms with E-state index in [1.54, 1.807) is 0 Å². The van der Waals surface area contributed by atoms with Crippen LogP contribution in [0.25, 0.3) is 16.6 Å². The van der Waals surface area contributed by atoms with Gasteiger partial charge in [0.25, 0.3) is 0 Å². The summed E-state index contributed by atoms with van der Waals surface area (Å²) in [6.45, 7) is 6.23. The van der Waals surface area contributed by atoms with Crippen molar-refractivity contribution in [1.29, 1.82) is 0 Å². The van der Waals surface area contributed by atoms with Gasteiger partial charge in [-0.3, -0.25) is 4.98 Å². The number of pyridine rings is 1. The third kappa shape index (κ3) is 2.93. The first-order valence-corrected chi connectivity index (χ1v) is 7.16. The number of para-hydroxylation sites is 1. The molecular formula is C19H18N2O. The second-order valence-corrected chi connectivity index (χ2v) is 5.28. The largest absolute Gasteiger partial charge is 0.489 e. The van der Waals surface area contributed by atoms with Crippen molar-refractivity contribution >= 4 is 16.6 Å². The van der Waals surface area contributed by atoms with Crippen LogP contribution in [0.2, 0.25) is 0 Å². The topological polar surface area (TPSA) is 48.1 Å². The van der Waals surface area contributed by atoms with Gasteiger partial charge < -0.3 is 10.5 Å². The van der Waals surface area contributed by atoms with Gasteiger partial charge in [0.05, 0.1) is 5.52 Å². The van der Waals surface area contributed by atoms with Gasteiger partial charge in [0, 0.05) is 22.3 Å². The highest BCUT2D eigenvalue weighted by molar-refractivity contribution is 5.82. The number of nitrogens with two attached hydrogens (primary N) is 1. The van der Waals surface area contributed by atoms with Gasteiger partial charge in [-0.2, -0.15) is 0 Å². The van der Waals surface area contributed by atoms with E-state index in [-0.39, 0.29) is 0 Å². The highest BCUT2D eigenvalue weighted by Gasteiger charge is 2.05. The lowest BCUT2D eigenvalue weighted by atomic mass is 10.1. The van der Waals surface area contributed by atoms with E-state index < -0.39 is 0 Å². The van der Waals surface area contributed by atoms with Gasteiger partial charge in [-0.1, -0.05) is 24.8 Å². The molecule has 0 unspecified atom stereocenters. The fourth-order valence-corrected chi connectivity index (χ4v) is 2.44. The second-order valence-electron chi connectivity index (χ2n) is 5.28. The van der Waals surface area contributed by atoms with Crippen LogP contribution in [0.5, 0.6) is 5.75 Å². The average molecular weight is 290 g/mol. The zero-order chi connectivity index (χ0) is 15.5. The molecule has 1 aromatic heterocycles.